The van der Waals surface area contributed by atoms with Crippen LogP contribution in [0.3, 0.4) is 0 Å². The minimum absolute atomic E-state index is 0.229. The SMILES string of the molecule is O=C1c2cscc2C(=O)N1c1ccccc1. The van der Waals surface area contributed by atoms with Gasteiger partial charge in [-0.25, -0.2) is 4.90 Å². The van der Waals surface area contributed by atoms with E-state index in [4.69, 9.17) is 0 Å². The van der Waals surface area contributed by atoms with Crippen LogP contribution in [0.25, 0.3) is 0 Å². The molecule has 0 fully saturated rings. The number of thiophene rings is 1. The summed E-state index contributed by atoms with van der Waals surface area (Å²) in [7, 11) is 0. The lowest BCUT2D eigenvalue weighted by Gasteiger charge is -2.13. The molecule has 16 heavy (non-hydrogen) atoms. The molecule has 0 aliphatic carbocycles. The van der Waals surface area contributed by atoms with Crippen LogP contribution in [0, 0.1) is 0 Å². The summed E-state index contributed by atoms with van der Waals surface area (Å²) in [6, 6.07) is 8.98. The van der Waals surface area contributed by atoms with Gasteiger partial charge in [0.25, 0.3) is 11.8 Å². The lowest BCUT2D eigenvalue weighted by atomic mass is 10.2. The Morgan fingerprint density at radius 3 is 2.00 bits per heavy atom. The van der Waals surface area contributed by atoms with E-state index >= 15 is 0 Å². The summed E-state index contributed by atoms with van der Waals surface area (Å²) < 4.78 is 0. The molecule has 3 rings (SSSR count). The highest BCUT2D eigenvalue weighted by Gasteiger charge is 2.37. The third-order valence-corrected chi connectivity index (χ3v) is 3.29. The van der Waals surface area contributed by atoms with Crippen molar-refractivity contribution in [1.82, 2.24) is 0 Å². The second kappa shape index (κ2) is 3.28. The van der Waals surface area contributed by atoms with E-state index in [-0.39, 0.29) is 11.8 Å². The average Bonchev–Trinajstić information content (AvgIpc) is 2.86. The van der Waals surface area contributed by atoms with Crippen molar-refractivity contribution in [2.45, 2.75) is 0 Å². The van der Waals surface area contributed by atoms with E-state index in [0.29, 0.717) is 16.8 Å². The molecule has 1 aromatic heterocycles. The third kappa shape index (κ3) is 1.13. The van der Waals surface area contributed by atoms with Crippen molar-refractivity contribution in [3.8, 4) is 0 Å². The third-order valence-electron chi connectivity index (χ3n) is 2.54. The molecule has 0 spiro atoms. The Morgan fingerprint density at radius 1 is 0.875 bits per heavy atom. The molecule has 2 heterocycles. The van der Waals surface area contributed by atoms with Crippen LogP contribution in [0.4, 0.5) is 5.69 Å². The van der Waals surface area contributed by atoms with E-state index in [9.17, 15) is 9.59 Å². The highest BCUT2D eigenvalue weighted by molar-refractivity contribution is 7.08. The maximum Gasteiger partial charge on any atom is 0.266 e. The van der Waals surface area contributed by atoms with Gasteiger partial charge in [-0.1, -0.05) is 18.2 Å². The molecule has 0 radical (unpaired) electrons. The number of amides is 2. The number of carbonyl (C=O) groups excluding carboxylic acids is 2. The van der Waals surface area contributed by atoms with Crippen molar-refractivity contribution in [2.75, 3.05) is 4.90 Å². The van der Waals surface area contributed by atoms with Crippen LogP contribution < -0.4 is 4.90 Å². The summed E-state index contributed by atoms with van der Waals surface area (Å²) in [6.45, 7) is 0. The number of rotatable bonds is 1. The molecule has 3 nitrogen and oxygen atoms in total. The number of hydrogen-bond acceptors (Lipinski definition) is 3. The minimum atomic E-state index is -0.229. The Hall–Kier alpha value is -1.94. The molecule has 1 aromatic carbocycles. The summed E-state index contributed by atoms with van der Waals surface area (Å²) in [5, 5.41) is 3.44. The first-order valence-corrected chi connectivity index (χ1v) is 5.73. The fourth-order valence-corrected chi connectivity index (χ4v) is 2.57. The summed E-state index contributed by atoms with van der Waals surface area (Å²) in [6.07, 6.45) is 0. The first-order chi connectivity index (χ1) is 7.79. The predicted octanol–water partition coefficient (Wildman–Crippen LogP) is 2.55. The molecule has 2 aromatic rings. The van der Waals surface area contributed by atoms with Gasteiger partial charge in [-0.3, -0.25) is 9.59 Å². The van der Waals surface area contributed by atoms with Gasteiger partial charge < -0.3 is 0 Å². The van der Waals surface area contributed by atoms with Crippen LogP contribution in [0.5, 0.6) is 0 Å². The van der Waals surface area contributed by atoms with Crippen molar-refractivity contribution >= 4 is 28.8 Å². The number of fused-ring (bicyclic) bond motifs is 1. The first kappa shape index (κ1) is 9.30. The van der Waals surface area contributed by atoms with Gasteiger partial charge in [-0.15, -0.1) is 0 Å². The maximum absolute atomic E-state index is 12.0. The highest BCUT2D eigenvalue weighted by atomic mass is 32.1. The van der Waals surface area contributed by atoms with E-state index < -0.39 is 0 Å². The van der Waals surface area contributed by atoms with Gasteiger partial charge >= 0.3 is 0 Å². The van der Waals surface area contributed by atoms with E-state index in [0.717, 1.165) is 0 Å². The van der Waals surface area contributed by atoms with Gasteiger partial charge in [-0.2, -0.15) is 11.3 Å². The molecule has 0 saturated carbocycles. The lowest BCUT2D eigenvalue weighted by Crippen LogP contribution is -2.29. The largest absolute Gasteiger partial charge is 0.268 e. The fraction of sp³-hybridized carbons (Fsp3) is 0. The smallest absolute Gasteiger partial charge is 0.266 e. The molecule has 2 amide bonds. The molecule has 0 saturated heterocycles. The number of carbonyl (C=O) groups is 2. The van der Waals surface area contributed by atoms with Crippen molar-refractivity contribution in [2.24, 2.45) is 0 Å². The summed E-state index contributed by atoms with van der Waals surface area (Å²) in [4.78, 5) is 25.2. The van der Waals surface area contributed by atoms with Crippen LogP contribution in [0.2, 0.25) is 0 Å². The van der Waals surface area contributed by atoms with E-state index in [1.807, 2.05) is 18.2 Å². The standard InChI is InChI=1S/C12H7NO2S/c14-11-9-6-16-7-10(9)12(15)13(11)8-4-2-1-3-5-8/h1-7H. The molecule has 0 N–H and O–H groups in total. The Kier molecular flexibility index (Phi) is 1.91. The molecule has 1 aliphatic rings. The van der Waals surface area contributed by atoms with E-state index in [1.165, 1.54) is 16.2 Å². The van der Waals surface area contributed by atoms with E-state index in [1.54, 1.807) is 22.9 Å². The van der Waals surface area contributed by atoms with Gasteiger partial charge in [0, 0.05) is 10.8 Å². The number of benzene rings is 1. The number of imide groups is 1. The zero-order valence-electron chi connectivity index (χ0n) is 8.21. The zero-order chi connectivity index (χ0) is 11.1. The summed E-state index contributed by atoms with van der Waals surface area (Å²) >= 11 is 1.38. The highest BCUT2D eigenvalue weighted by Crippen LogP contribution is 2.30. The number of anilines is 1. The van der Waals surface area contributed by atoms with Crippen molar-refractivity contribution in [3.05, 3.63) is 52.2 Å². The number of nitrogens with zero attached hydrogens (tertiary/aromatic N) is 1. The molecule has 0 bridgehead atoms. The first-order valence-electron chi connectivity index (χ1n) is 4.79. The molecule has 78 valence electrons. The van der Waals surface area contributed by atoms with Crippen molar-refractivity contribution < 1.29 is 9.59 Å². The lowest BCUT2D eigenvalue weighted by molar-refractivity contribution is 0.0926. The number of hydrogen-bond donors (Lipinski definition) is 0. The average molecular weight is 229 g/mol. The zero-order valence-corrected chi connectivity index (χ0v) is 9.03. The van der Waals surface area contributed by atoms with Gasteiger partial charge in [-0.05, 0) is 12.1 Å². The van der Waals surface area contributed by atoms with Gasteiger partial charge in [0.05, 0.1) is 16.8 Å². The van der Waals surface area contributed by atoms with Crippen LogP contribution in [0.1, 0.15) is 20.7 Å². The van der Waals surface area contributed by atoms with Gasteiger partial charge in [0.15, 0.2) is 0 Å². The number of para-hydroxylation sites is 1. The van der Waals surface area contributed by atoms with Crippen molar-refractivity contribution in [1.29, 1.82) is 0 Å². The topological polar surface area (TPSA) is 37.4 Å². The molecule has 1 aliphatic heterocycles. The molecule has 0 atom stereocenters. The van der Waals surface area contributed by atoms with Gasteiger partial charge in [0.1, 0.15) is 0 Å². The Labute approximate surface area is 95.9 Å². The predicted molar refractivity (Wildman–Crippen MR) is 61.9 cm³/mol. The minimum Gasteiger partial charge on any atom is -0.268 e. The fourth-order valence-electron chi connectivity index (χ4n) is 1.77. The summed E-state index contributed by atoms with van der Waals surface area (Å²) in [5.41, 5.74) is 1.65. The Morgan fingerprint density at radius 2 is 1.44 bits per heavy atom. The normalized spacial score (nSPS) is 14.4. The van der Waals surface area contributed by atoms with Crippen molar-refractivity contribution in [3.63, 3.8) is 0 Å². The van der Waals surface area contributed by atoms with Gasteiger partial charge in [0.2, 0.25) is 0 Å². The molecule has 0 unspecified atom stereocenters. The maximum atomic E-state index is 12.0. The Balaban J connectivity index is 2.11. The quantitative estimate of drug-likeness (QED) is 0.705. The molecule has 4 heteroatoms. The Bertz CT molecular complexity index is 543. The monoisotopic (exact) mass is 229 g/mol. The van der Waals surface area contributed by atoms with Crippen LogP contribution in [0.15, 0.2) is 41.1 Å². The van der Waals surface area contributed by atoms with Crippen LogP contribution in [-0.2, 0) is 0 Å². The summed E-state index contributed by atoms with van der Waals surface area (Å²) in [5.74, 6) is -0.458. The van der Waals surface area contributed by atoms with E-state index in [2.05, 4.69) is 0 Å². The second-order valence-corrected chi connectivity index (χ2v) is 4.22. The molecular formula is C12H7NO2S. The van der Waals surface area contributed by atoms with Crippen LogP contribution >= 0.6 is 11.3 Å². The molecular weight excluding hydrogens is 222 g/mol. The second-order valence-electron chi connectivity index (χ2n) is 3.48. The van der Waals surface area contributed by atoms with Crippen LogP contribution in [-0.4, -0.2) is 11.8 Å².